The predicted octanol–water partition coefficient (Wildman–Crippen LogP) is 5.32. The first-order valence-corrected chi connectivity index (χ1v) is 8.44. The molecule has 3 rings (SSSR count). The number of hydrogen-bond acceptors (Lipinski definition) is 5. The lowest BCUT2D eigenvalue weighted by atomic mass is 10.2. The maximum absolute atomic E-state index is 13.4. The molecule has 5 nitrogen and oxygen atoms in total. The molecule has 0 saturated heterocycles. The van der Waals surface area contributed by atoms with Crippen LogP contribution < -0.4 is 15.0 Å². The molecule has 1 aromatic heterocycles. The quantitative estimate of drug-likeness (QED) is 0.641. The number of alkyl halides is 3. The maximum Gasteiger partial charge on any atom is 0.421 e. The Hall–Kier alpha value is -3.29. The molecule has 2 aromatic carbocycles. The zero-order valence-corrected chi connectivity index (χ0v) is 15.6. The van der Waals surface area contributed by atoms with E-state index < -0.39 is 11.7 Å². The van der Waals surface area contributed by atoms with Gasteiger partial charge in [0.2, 0.25) is 5.95 Å². The maximum atomic E-state index is 13.4. The standard InChI is InChI=1S/C20H19F3N4O/c1-13-6-4-5-7-17(13)27(2)19-24-12-16(20(21,22)23)18(26-19)25-14-8-10-15(28-3)11-9-14/h4-12H,1-3H3,(H,24,25,26). The van der Waals surface area contributed by atoms with Gasteiger partial charge in [0.05, 0.1) is 7.11 Å². The third-order valence-corrected chi connectivity index (χ3v) is 4.21. The summed E-state index contributed by atoms with van der Waals surface area (Å²) in [6.45, 7) is 1.91. The van der Waals surface area contributed by atoms with Crippen LogP contribution >= 0.6 is 0 Å². The van der Waals surface area contributed by atoms with Crippen LogP contribution in [0.15, 0.2) is 54.7 Å². The Balaban J connectivity index is 2.00. The summed E-state index contributed by atoms with van der Waals surface area (Å²) in [4.78, 5) is 9.72. The van der Waals surface area contributed by atoms with Crippen molar-refractivity contribution in [1.29, 1.82) is 0 Å². The van der Waals surface area contributed by atoms with Crippen LogP contribution in [-0.4, -0.2) is 24.1 Å². The average Bonchev–Trinajstić information content (AvgIpc) is 2.67. The first-order valence-electron chi connectivity index (χ1n) is 8.44. The summed E-state index contributed by atoms with van der Waals surface area (Å²) in [6, 6.07) is 14.0. The van der Waals surface area contributed by atoms with Gasteiger partial charge in [0, 0.05) is 24.6 Å². The zero-order chi connectivity index (χ0) is 20.3. The minimum Gasteiger partial charge on any atom is -0.497 e. The summed E-state index contributed by atoms with van der Waals surface area (Å²) < 4.78 is 45.4. The number of ether oxygens (including phenoxy) is 1. The number of aromatic nitrogens is 2. The topological polar surface area (TPSA) is 50.3 Å². The van der Waals surface area contributed by atoms with Gasteiger partial charge < -0.3 is 15.0 Å². The summed E-state index contributed by atoms with van der Waals surface area (Å²) in [7, 11) is 3.23. The van der Waals surface area contributed by atoms with Crippen molar-refractivity contribution in [2.45, 2.75) is 13.1 Å². The van der Waals surface area contributed by atoms with Crippen molar-refractivity contribution in [2.24, 2.45) is 0 Å². The minimum atomic E-state index is -4.59. The SMILES string of the molecule is COc1ccc(Nc2nc(N(C)c3ccccc3C)ncc2C(F)(F)F)cc1. The fraction of sp³-hybridized carbons (Fsp3) is 0.200. The number of halogens is 3. The van der Waals surface area contributed by atoms with E-state index in [2.05, 4.69) is 15.3 Å². The van der Waals surface area contributed by atoms with E-state index in [0.29, 0.717) is 11.4 Å². The Bertz CT molecular complexity index is 958. The van der Waals surface area contributed by atoms with Crippen molar-refractivity contribution in [1.82, 2.24) is 9.97 Å². The molecule has 3 aromatic rings. The number of rotatable bonds is 5. The molecule has 0 saturated carbocycles. The highest BCUT2D eigenvalue weighted by atomic mass is 19.4. The normalized spacial score (nSPS) is 11.2. The monoisotopic (exact) mass is 388 g/mol. The van der Waals surface area contributed by atoms with Gasteiger partial charge in [-0.2, -0.15) is 18.2 Å². The lowest BCUT2D eigenvalue weighted by molar-refractivity contribution is -0.137. The molecule has 0 fully saturated rings. The third kappa shape index (κ3) is 4.16. The first kappa shape index (κ1) is 19.5. The lowest BCUT2D eigenvalue weighted by Crippen LogP contribution is -2.18. The van der Waals surface area contributed by atoms with Crippen LogP contribution in [0.3, 0.4) is 0 Å². The van der Waals surface area contributed by atoms with E-state index >= 15 is 0 Å². The van der Waals surface area contributed by atoms with E-state index in [-0.39, 0.29) is 11.8 Å². The highest BCUT2D eigenvalue weighted by Crippen LogP contribution is 2.36. The number of para-hydroxylation sites is 1. The van der Waals surface area contributed by atoms with E-state index in [1.54, 1.807) is 36.2 Å². The van der Waals surface area contributed by atoms with Crippen molar-refractivity contribution in [2.75, 3.05) is 24.4 Å². The van der Waals surface area contributed by atoms with Gasteiger partial charge in [0.1, 0.15) is 17.1 Å². The molecule has 0 radical (unpaired) electrons. The lowest BCUT2D eigenvalue weighted by Gasteiger charge is -2.21. The van der Waals surface area contributed by atoms with Gasteiger partial charge in [0.15, 0.2) is 0 Å². The van der Waals surface area contributed by atoms with Gasteiger partial charge in [-0.25, -0.2) is 4.98 Å². The number of methoxy groups -OCH3 is 1. The van der Waals surface area contributed by atoms with Crippen molar-refractivity contribution in [3.63, 3.8) is 0 Å². The number of aryl methyl sites for hydroxylation is 1. The van der Waals surface area contributed by atoms with E-state index in [4.69, 9.17) is 4.74 Å². The number of hydrogen-bond donors (Lipinski definition) is 1. The second kappa shape index (κ2) is 7.75. The van der Waals surface area contributed by atoms with Gasteiger partial charge in [-0.3, -0.25) is 0 Å². The van der Waals surface area contributed by atoms with Gasteiger partial charge in [-0.15, -0.1) is 0 Å². The Morgan fingerprint density at radius 3 is 2.32 bits per heavy atom. The second-order valence-corrected chi connectivity index (χ2v) is 6.13. The molecule has 28 heavy (non-hydrogen) atoms. The molecule has 0 bridgehead atoms. The summed E-state index contributed by atoms with van der Waals surface area (Å²) in [5.74, 6) is 0.436. The van der Waals surface area contributed by atoms with Gasteiger partial charge in [0.25, 0.3) is 0 Å². The molecule has 1 N–H and O–H groups in total. The van der Waals surface area contributed by atoms with Crippen LogP contribution in [0, 0.1) is 6.92 Å². The largest absolute Gasteiger partial charge is 0.497 e. The number of anilines is 4. The van der Waals surface area contributed by atoms with Crippen LogP contribution in [0.25, 0.3) is 0 Å². The summed E-state index contributed by atoms with van der Waals surface area (Å²) in [5.41, 5.74) is 1.27. The molecule has 0 aliphatic heterocycles. The van der Waals surface area contributed by atoms with Crippen LogP contribution in [0.4, 0.5) is 36.3 Å². The molecule has 0 amide bonds. The minimum absolute atomic E-state index is 0.151. The summed E-state index contributed by atoms with van der Waals surface area (Å²) in [5, 5.41) is 2.74. The molecule has 0 unspecified atom stereocenters. The molecule has 0 atom stereocenters. The molecule has 0 spiro atoms. The van der Waals surface area contributed by atoms with Crippen molar-refractivity contribution in [3.8, 4) is 5.75 Å². The highest BCUT2D eigenvalue weighted by Gasteiger charge is 2.35. The Labute approximate surface area is 160 Å². The molecule has 0 aliphatic rings. The van der Waals surface area contributed by atoms with E-state index in [1.165, 1.54) is 7.11 Å². The predicted molar refractivity (Wildman–Crippen MR) is 103 cm³/mol. The highest BCUT2D eigenvalue weighted by molar-refractivity contribution is 5.65. The molecular formula is C20H19F3N4O. The number of nitrogens with one attached hydrogen (secondary N) is 1. The number of nitrogens with zero attached hydrogens (tertiary/aromatic N) is 3. The average molecular weight is 388 g/mol. The summed E-state index contributed by atoms with van der Waals surface area (Å²) >= 11 is 0. The smallest absolute Gasteiger partial charge is 0.421 e. The van der Waals surface area contributed by atoms with Gasteiger partial charge in [-0.1, -0.05) is 18.2 Å². The van der Waals surface area contributed by atoms with Gasteiger partial charge >= 0.3 is 6.18 Å². The molecule has 8 heteroatoms. The van der Waals surface area contributed by atoms with E-state index in [9.17, 15) is 13.2 Å². The van der Waals surface area contributed by atoms with Crippen molar-refractivity contribution < 1.29 is 17.9 Å². The molecule has 146 valence electrons. The van der Waals surface area contributed by atoms with Crippen molar-refractivity contribution in [3.05, 3.63) is 65.9 Å². The zero-order valence-electron chi connectivity index (χ0n) is 15.6. The Morgan fingerprint density at radius 1 is 1.04 bits per heavy atom. The van der Waals surface area contributed by atoms with Crippen LogP contribution in [0.2, 0.25) is 0 Å². The number of benzene rings is 2. The van der Waals surface area contributed by atoms with E-state index in [0.717, 1.165) is 17.4 Å². The van der Waals surface area contributed by atoms with Crippen LogP contribution in [0.1, 0.15) is 11.1 Å². The van der Waals surface area contributed by atoms with Crippen LogP contribution in [0.5, 0.6) is 5.75 Å². The summed E-state index contributed by atoms with van der Waals surface area (Å²) in [6.07, 6.45) is -3.79. The molecular weight excluding hydrogens is 369 g/mol. The molecule has 0 aliphatic carbocycles. The van der Waals surface area contributed by atoms with Gasteiger partial charge in [-0.05, 0) is 42.8 Å². The third-order valence-electron chi connectivity index (χ3n) is 4.21. The Kier molecular flexibility index (Phi) is 5.39. The Morgan fingerprint density at radius 2 is 1.71 bits per heavy atom. The van der Waals surface area contributed by atoms with Crippen LogP contribution in [-0.2, 0) is 6.18 Å². The fourth-order valence-corrected chi connectivity index (χ4v) is 2.70. The second-order valence-electron chi connectivity index (χ2n) is 6.13. The molecule has 1 heterocycles. The fourth-order valence-electron chi connectivity index (χ4n) is 2.70. The van der Waals surface area contributed by atoms with E-state index in [1.807, 2.05) is 31.2 Å². The first-order chi connectivity index (χ1) is 13.3. The van der Waals surface area contributed by atoms with Crippen molar-refractivity contribution >= 4 is 23.1 Å².